The van der Waals surface area contributed by atoms with Gasteiger partial charge in [0.05, 0.1) is 50.9 Å². The van der Waals surface area contributed by atoms with Gasteiger partial charge in [-0.3, -0.25) is 9.98 Å². The van der Waals surface area contributed by atoms with Gasteiger partial charge in [0, 0.05) is 16.4 Å². The molecule has 2 aliphatic carbocycles. The summed E-state index contributed by atoms with van der Waals surface area (Å²) in [7, 11) is 0. The number of para-hydroxylation sites is 2. The van der Waals surface area contributed by atoms with Crippen LogP contribution in [0.15, 0.2) is 88.5 Å². The fourth-order valence-corrected chi connectivity index (χ4v) is 4.66. The molecule has 0 unspecified atom stereocenters. The molecule has 1 fully saturated rings. The normalized spacial score (nSPS) is 14.5. The van der Waals surface area contributed by atoms with Gasteiger partial charge < -0.3 is 9.88 Å². The van der Waals surface area contributed by atoms with Gasteiger partial charge in [-0.05, 0) is 86.8 Å². The molecule has 0 spiro atoms. The number of aryl methyl sites for hydroxylation is 1. The van der Waals surface area contributed by atoms with Crippen molar-refractivity contribution < 1.29 is 0 Å². The second kappa shape index (κ2) is 8.69. The van der Waals surface area contributed by atoms with Gasteiger partial charge >= 0.3 is 0 Å². The number of anilines is 2. The maximum absolute atomic E-state index is 5.14. The number of nitrogens with zero attached hydrogens (tertiary/aromatic N) is 4. The highest BCUT2D eigenvalue weighted by Gasteiger charge is 2.19. The van der Waals surface area contributed by atoms with Crippen molar-refractivity contribution in [1.82, 2.24) is 14.5 Å². The molecule has 2 aromatic carbocycles. The fraction of sp³-hybridized carbons (Fsp3) is 0.179. The van der Waals surface area contributed by atoms with E-state index in [4.69, 9.17) is 9.98 Å². The summed E-state index contributed by atoms with van der Waals surface area (Å²) in [5.41, 5.74) is 7.94. The third-order valence-corrected chi connectivity index (χ3v) is 6.98. The van der Waals surface area contributed by atoms with Gasteiger partial charge in [-0.15, -0.1) is 0 Å². The van der Waals surface area contributed by atoms with Crippen molar-refractivity contribution in [3.8, 4) is 17.1 Å². The van der Waals surface area contributed by atoms with Crippen LogP contribution in [0.4, 0.5) is 11.4 Å². The van der Waals surface area contributed by atoms with Gasteiger partial charge in [0.15, 0.2) is 0 Å². The molecule has 5 nitrogen and oxygen atoms in total. The van der Waals surface area contributed by atoms with E-state index in [9.17, 15) is 0 Å². The zero-order chi connectivity index (χ0) is 23.1. The number of nitrogens with one attached hydrogen (secondary N) is 1. The molecule has 0 atom stereocenters. The lowest BCUT2D eigenvalue weighted by atomic mass is 9.94. The Morgan fingerprint density at radius 2 is 1.79 bits per heavy atom. The maximum Gasteiger partial charge on any atom is 0.0900 e. The molecule has 6 heteroatoms. The van der Waals surface area contributed by atoms with Gasteiger partial charge in [0.2, 0.25) is 0 Å². The van der Waals surface area contributed by atoms with E-state index in [1.165, 1.54) is 6.42 Å². The van der Waals surface area contributed by atoms with Crippen LogP contribution in [0.25, 0.3) is 28.1 Å². The number of halogens is 1. The SMILES string of the molecule is Cc1ncccc1Nc1cc2nc3ccccc3n(-c3ccc(Br)cc3)c-2cc1=NC1CCC1. The minimum absolute atomic E-state index is 0.377. The summed E-state index contributed by atoms with van der Waals surface area (Å²) in [6, 6.07) is 25.4. The molecular formula is C28H24BrN5. The molecule has 168 valence electrons. The summed E-state index contributed by atoms with van der Waals surface area (Å²) < 4.78 is 3.33. The molecule has 0 radical (unpaired) electrons. The summed E-state index contributed by atoms with van der Waals surface area (Å²) in [4.78, 5) is 14.6. The average molecular weight is 510 g/mol. The molecule has 34 heavy (non-hydrogen) atoms. The summed E-state index contributed by atoms with van der Waals surface area (Å²) in [5, 5.41) is 4.55. The maximum atomic E-state index is 5.14. The van der Waals surface area contributed by atoms with Gasteiger partial charge in [-0.1, -0.05) is 28.1 Å². The number of hydrogen-bond donors (Lipinski definition) is 1. The Bertz CT molecular complexity index is 1530. The number of rotatable bonds is 4. The van der Waals surface area contributed by atoms with Crippen molar-refractivity contribution in [3.63, 3.8) is 0 Å². The summed E-state index contributed by atoms with van der Waals surface area (Å²) >= 11 is 3.57. The zero-order valence-corrected chi connectivity index (χ0v) is 20.5. The Morgan fingerprint density at radius 1 is 0.971 bits per heavy atom. The smallest absolute Gasteiger partial charge is 0.0900 e. The van der Waals surface area contributed by atoms with Gasteiger partial charge in [0.1, 0.15) is 0 Å². The highest BCUT2D eigenvalue weighted by molar-refractivity contribution is 9.10. The highest BCUT2D eigenvalue weighted by Crippen LogP contribution is 2.31. The Kier molecular flexibility index (Phi) is 5.38. The lowest BCUT2D eigenvalue weighted by molar-refractivity contribution is 0.413. The molecule has 3 aliphatic rings. The third kappa shape index (κ3) is 3.88. The van der Waals surface area contributed by atoms with E-state index in [2.05, 4.69) is 91.5 Å². The van der Waals surface area contributed by atoms with Gasteiger partial charge in [-0.25, -0.2) is 4.98 Å². The fourth-order valence-electron chi connectivity index (χ4n) is 4.39. The van der Waals surface area contributed by atoms with Crippen LogP contribution in [0.2, 0.25) is 0 Å². The Hall–Kier alpha value is -3.51. The lowest BCUT2D eigenvalue weighted by Crippen LogP contribution is -2.22. The monoisotopic (exact) mass is 509 g/mol. The molecule has 1 aromatic heterocycles. The molecule has 0 amide bonds. The van der Waals surface area contributed by atoms with Crippen LogP contribution in [0, 0.1) is 6.92 Å². The molecular weight excluding hydrogens is 486 g/mol. The van der Waals surface area contributed by atoms with Crippen LogP contribution in [0.3, 0.4) is 0 Å². The van der Waals surface area contributed by atoms with Crippen LogP contribution in [0.5, 0.6) is 0 Å². The first kappa shape index (κ1) is 21.1. The molecule has 6 rings (SSSR count). The average Bonchev–Trinajstić information content (AvgIpc) is 2.82. The summed E-state index contributed by atoms with van der Waals surface area (Å²) in [6.07, 6.45) is 5.35. The highest BCUT2D eigenvalue weighted by atomic mass is 79.9. The summed E-state index contributed by atoms with van der Waals surface area (Å²) in [6.45, 7) is 2.01. The molecule has 1 aliphatic heterocycles. The number of benzene rings is 3. The first-order valence-electron chi connectivity index (χ1n) is 11.6. The largest absolute Gasteiger partial charge is 0.352 e. The second-order valence-corrected chi connectivity index (χ2v) is 9.66. The number of fused-ring (bicyclic) bond motifs is 2. The van der Waals surface area contributed by atoms with E-state index in [1.807, 2.05) is 25.3 Å². The third-order valence-electron chi connectivity index (χ3n) is 6.45. The van der Waals surface area contributed by atoms with E-state index < -0.39 is 0 Å². The topological polar surface area (TPSA) is 55.1 Å². The number of hydrogen-bond acceptors (Lipinski definition) is 4. The quantitative estimate of drug-likeness (QED) is 0.271. The van der Waals surface area contributed by atoms with Crippen LogP contribution < -0.4 is 10.7 Å². The standard InChI is InChI=1S/C28H24BrN5/c1-18-22(9-5-15-30-18)32-24-16-26-28(17-25(24)31-20-6-4-7-20)34(21-13-11-19(29)12-14-21)27-10-3-2-8-23(27)33-26/h2-3,5,8-17,20,32H,4,6-7H2,1H3. The molecule has 2 heterocycles. The summed E-state index contributed by atoms with van der Waals surface area (Å²) in [5.74, 6) is 0. The van der Waals surface area contributed by atoms with Gasteiger partial charge in [0.25, 0.3) is 0 Å². The van der Waals surface area contributed by atoms with Crippen molar-refractivity contribution in [2.75, 3.05) is 5.32 Å². The first-order valence-corrected chi connectivity index (χ1v) is 12.4. The number of aromatic nitrogens is 3. The van der Waals surface area contributed by atoms with Crippen LogP contribution >= 0.6 is 15.9 Å². The van der Waals surface area contributed by atoms with Gasteiger partial charge in [-0.2, -0.15) is 0 Å². The zero-order valence-electron chi connectivity index (χ0n) is 18.9. The van der Waals surface area contributed by atoms with Crippen molar-refractivity contribution in [3.05, 3.63) is 94.5 Å². The molecule has 0 saturated heterocycles. The van der Waals surface area contributed by atoms with Crippen molar-refractivity contribution in [2.24, 2.45) is 4.99 Å². The van der Waals surface area contributed by atoms with E-state index in [-0.39, 0.29) is 0 Å². The van der Waals surface area contributed by atoms with Crippen molar-refractivity contribution in [1.29, 1.82) is 0 Å². The van der Waals surface area contributed by atoms with E-state index in [0.717, 1.165) is 67.8 Å². The molecule has 1 N–H and O–H groups in total. The van der Waals surface area contributed by atoms with E-state index in [0.29, 0.717) is 6.04 Å². The minimum Gasteiger partial charge on any atom is -0.352 e. The first-order chi connectivity index (χ1) is 16.7. The Morgan fingerprint density at radius 3 is 2.56 bits per heavy atom. The van der Waals surface area contributed by atoms with Crippen LogP contribution in [0.1, 0.15) is 25.0 Å². The predicted molar refractivity (Wildman–Crippen MR) is 141 cm³/mol. The van der Waals surface area contributed by atoms with Crippen LogP contribution in [-0.2, 0) is 0 Å². The van der Waals surface area contributed by atoms with E-state index >= 15 is 0 Å². The minimum atomic E-state index is 0.377. The number of pyridine rings is 1. The Labute approximate surface area is 206 Å². The van der Waals surface area contributed by atoms with E-state index in [1.54, 1.807) is 0 Å². The molecule has 3 aromatic rings. The van der Waals surface area contributed by atoms with Crippen molar-refractivity contribution in [2.45, 2.75) is 32.2 Å². The Balaban J connectivity index is 1.64. The molecule has 0 bridgehead atoms. The molecule has 1 saturated carbocycles. The lowest BCUT2D eigenvalue weighted by Gasteiger charge is -2.23. The predicted octanol–water partition coefficient (Wildman–Crippen LogP) is 6.79. The van der Waals surface area contributed by atoms with Crippen LogP contribution in [-0.4, -0.2) is 20.6 Å². The van der Waals surface area contributed by atoms with Crippen molar-refractivity contribution >= 4 is 38.3 Å². The second-order valence-electron chi connectivity index (χ2n) is 8.75.